The van der Waals surface area contributed by atoms with Crippen LogP contribution in [0.25, 0.3) is 22.3 Å². The molecule has 2 aliphatic rings. The van der Waals surface area contributed by atoms with Crippen molar-refractivity contribution < 1.29 is 44.3 Å². The van der Waals surface area contributed by atoms with Crippen molar-refractivity contribution in [1.29, 1.82) is 0 Å². The number of alkyl halides is 1. The normalized spacial score (nSPS) is 13.9. The molecule has 0 saturated heterocycles. The Labute approximate surface area is 387 Å². The average Bonchev–Trinajstić information content (AvgIpc) is 3.64. The third-order valence-electron chi connectivity index (χ3n) is 10.3. The van der Waals surface area contributed by atoms with Crippen molar-refractivity contribution in [3.8, 4) is 17.1 Å². The number of hydrogen-bond donors (Lipinski definition) is 4. The van der Waals surface area contributed by atoms with Crippen LogP contribution in [0.5, 0.6) is 5.75 Å². The van der Waals surface area contributed by atoms with Gasteiger partial charge in [0.25, 0.3) is 5.56 Å². The molecular weight excluding hydrogens is 863 g/mol. The Morgan fingerprint density at radius 2 is 1.58 bits per heavy atom. The van der Waals surface area contributed by atoms with Gasteiger partial charge in [-0.15, -0.1) is 12.4 Å². The standard InChI is InChI=1S/C32H34N2O7.C7H12N2O2.C7H14N2O.CH3F.ClH/c1-5-20-21-14-19(41-28(36)11-9-7-8-10-27(35)18(3)4)12-13-25(21)33-29-22(20)16-34-26(29)15-24-23(30(34)37)17-40-31(38)32(24,39)6-2;1-6(2)7(10)8-4-3-5-9-11;1-6(2)7(10)9-5-3-4-8;1-2;/h12-15,39H,3,5-11,16-17H2,1-2,4H3;1,3-5H2,2H3,(H,8,10);1,3-5,8H2,2H3,(H,9,10);1H3;1H/t32-;;;;/m1..../s1/i;;;1D;. The van der Waals surface area contributed by atoms with Crippen molar-refractivity contribution >= 4 is 52.8 Å². The fourth-order valence-corrected chi connectivity index (χ4v) is 6.69. The van der Waals surface area contributed by atoms with E-state index >= 15 is 0 Å². The summed E-state index contributed by atoms with van der Waals surface area (Å²) in [6.45, 7) is 21.4. The van der Waals surface area contributed by atoms with Gasteiger partial charge in [-0.05, 0) is 101 Å². The SMILES string of the molecule is C=C(C)C(=O)CCCCCC(=O)Oc1ccc2nc3c(c(CC)c2c1)Cn1c-3cc2c(c1=O)COC(=O)[C@@]2(O)CC.C=C(C)C(=O)NCCCN.C=C(C)C(=O)NCCCN=O.Cl.[2H]CF. The first-order valence-corrected chi connectivity index (χ1v) is 21.1. The number of Topliss-reactive ketones (excluding diaryl/α,β-unsaturated/α-hetero) is 1. The first-order valence-electron chi connectivity index (χ1n) is 21.8. The highest BCUT2D eigenvalue weighted by molar-refractivity contribution is 5.94. The number of carbonyl (C=O) groups is 5. The van der Waals surface area contributed by atoms with Crippen molar-refractivity contribution in [2.75, 3.05) is 33.3 Å². The summed E-state index contributed by atoms with van der Waals surface area (Å²) < 4.78 is 27.9. The third-order valence-corrected chi connectivity index (χ3v) is 10.3. The van der Waals surface area contributed by atoms with Gasteiger partial charge < -0.3 is 35.5 Å². The lowest BCUT2D eigenvalue weighted by atomic mass is 9.86. The van der Waals surface area contributed by atoms with Crippen LogP contribution in [0.2, 0.25) is 0 Å². The second-order valence-corrected chi connectivity index (χ2v) is 15.2. The number of rotatable bonds is 19. The summed E-state index contributed by atoms with van der Waals surface area (Å²) in [6.07, 6.45) is 4.92. The number of aromatic nitrogens is 2. The Bertz CT molecular complexity index is 2320. The molecule has 0 unspecified atom stereocenters. The number of halogens is 2. The molecule has 0 spiro atoms. The number of nitrogens with two attached hydrogens (primary N) is 1. The molecule has 2 aromatic heterocycles. The van der Waals surface area contributed by atoms with E-state index in [9.17, 15) is 43.2 Å². The maximum absolute atomic E-state index is 13.5. The fourth-order valence-electron chi connectivity index (χ4n) is 6.69. The number of fused-ring (bicyclic) bond motifs is 5. The molecule has 0 bridgehead atoms. The number of aliphatic hydroxyl groups is 1. The van der Waals surface area contributed by atoms with E-state index in [2.05, 4.69) is 35.5 Å². The lowest BCUT2D eigenvalue weighted by molar-refractivity contribution is -0.172. The second kappa shape index (κ2) is 28.1. The van der Waals surface area contributed by atoms with E-state index in [1.54, 1.807) is 50.5 Å². The van der Waals surface area contributed by atoms with Crippen LogP contribution in [-0.2, 0) is 53.9 Å². The van der Waals surface area contributed by atoms with Crippen LogP contribution in [0.15, 0.2) is 70.7 Å². The third kappa shape index (κ3) is 15.6. The van der Waals surface area contributed by atoms with Gasteiger partial charge >= 0.3 is 11.9 Å². The smallest absolute Gasteiger partial charge is 0.343 e. The van der Waals surface area contributed by atoms with E-state index in [1.807, 2.05) is 13.0 Å². The number of benzene rings is 1. The number of aryl methyl sites for hydroxylation is 1. The van der Waals surface area contributed by atoms with Gasteiger partial charge in [0, 0.05) is 53.6 Å². The van der Waals surface area contributed by atoms with E-state index < -0.39 is 18.7 Å². The van der Waals surface area contributed by atoms with Crippen molar-refractivity contribution in [1.82, 2.24) is 20.2 Å². The Morgan fingerprint density at radius 1 is 0.969 bits per heavy atom. The van der Waals surface area contributed by atoms with Crippen LogP contribution in [-0.4, -0.2) is 77.5 Å². The van der Waals surface area contributed by atoms with Crippen LogP contribution >= 0.6 is 12.4 Å². The molecule has 5 N–H and O–H groups in total. The predicted molar refractivity (Wildman–Crippen MR) is 251 cm³/mol. The second-order valence-electron chi connectivity index (χ2n) is 15.2. The molecule has 3 aromatic rings. The van der Waals surface area contributed by atoms with Gasteiger partial charge in [-0.25, -0.2) is 9.78 Å². The van der Waals surface area contributed by atoms with Gasteiger partial charge in [-0.2, -0.15) is 4.91 Å². The highest BCUT2D eigenvalue weighted by Crippen LogP contribution is 2.40. The van der Waals surface area contributed by atoms with E-state index in [1.165, 1.54) is 0 Å². The predicted octanol–water partition coefficient (Wildman–Crippen LogP) is 6.51. The molecule has 0 aliphatic carbocycles. The summed E-state index contributed by atoms with van der Waals surface area (Å²) in [5.41, 5.74) is 8.93. The van der Waals surface area contributed by atoms with Gasteiger partial charge in [0.1, 0.15) is 12.4 Å². The van der Waals surface area contributed by atoms with Crippen LogP contribution in [0.3, 0.4) is 0 Å². The Morgan fingerprint density at radius 3 is 2.14 bits per heavy atom. The summed E-state index contributed by atoms with van der Waals surface area (Å²) in [7, 11) is -1.00. The van der Waals surface area contributed by atoms with E-state index in [0.29, 0.717) is 97.7 Å². The van der Waals surface area contributed by atoms with Gasteiger partial charge in [0.05, 0.1) is 44.1 Å². The minimum absolute atomic E-state index is 0. The molecule has 4 heterocycles. The highest BCUT2D eigenvalue weighted by atomic mass is 35.5. The van der Waals surface area contributed by atoms with Gasteiger partial charge in [-0.1, -0.05) is 45.2 Å². The number of unbranched alkanes of at least 4 members (excludes halogenated alkanes) is 2. The first kappa shape index (κ1) is 55.2. The Balaban J connectivity index is 0.000000718. The van der Waals surface area contributed by atoms with E-state index in [0.717, 1.165) is 29.4 Å². The molecule has 2 amide bonds. The number of esters is 2. The van der Waals surface area contributed by atoms with Crippen LogP contribution < -0.4 is 26.7 Å². The molecule has 0 fully saturated rings. The zero-order chi connectivity index (χ0) is 48.9. The molecule has 0 saturated carbocycles. The lowest BCUT2D eigenvalue weighted by Gasteiger charge is -2.31. The van der Waals surface area contributed by atoms with E-state index in [4.69, 9.17) is 21.6 Å². The fraction of sp³-hybridized carbons (Fsp3) is 0.468. The minimum Gasteiger partial charge on any atom is -0.458 e. The molecule has 1 aromatic carbocycles. The molecule has 356 valence electrons. The maximum Gasteiger partial charge on any atom is 0.343 e. The summed E-state index contributed by atoms with van der Waals surface area (Å²) in [6, 6.07) is 7.00. The number of carbonyl (C=O) groups excluding carboxylic acids is 5. The number of cyclic esters (lactones) is 1. The summed E-state index contributed by atoms with van der Waals surface area (Å²) in [4.78, 5) is 86.1. The number of ether oxygens (including phenoxy) is 2. The number of ketones is 1. The monoisotopic (exact) mass is 927 g/mol. The van der Waals surface area contributed by atoms with Gasteiger partial charge in [0.2, 0.25) is 11.8 Å². The number of hydrogen-bond acceptors (Lipinski definition) is 13. The molecule has 0 radical (unpaired) electrons. The van der Waals surface area contributed by atoms with Crippen molar-refractivity contribution in [2.45, 2.75) is 111 Å². The number of nitroso groups, excluding NO2 is 1. The number of pyridine rings is 2. The molecule has 5 rings (SSSR count). The number of allylic oxidation sites excluding steroid dienone is 1. The highest BCUT2D eigenvalue weighted by Gasteiger charge is 2.45. The zero-order valence-electron chi connectivity index (χ0n) is 39.1. The minimum atomic E-state index is -1.88. The largest absolute Gasteiger partial charge is 0.458 e. The summed E-state index contributed by atoms with van der Waals surface area (Å²) >= 11 is 0. The molecule has 18 heteroatoms. The zero-order valence-corrected chi connectivity index (χ0v) is 38.9. The average molecular weight is 929 g/mol. The first-order chi connectivity index (χ1) is 30.9. The van der Waals surface area contributed by atoms with E-state index in [-0.39, 0.29) is 78.7 Å². The maximum atomic E-state index is 13.5. The van der Waals surface area contributed by atoms with Gasteiger partial charge in [0.15, 0.2) is 11.4 Å². The Hall–Kier alpha value is -5.91. The summed E-state index contributed by atoms with van der Waals surface area (Å²) in [5, 5.41) is 19.8. The Kier molecular flexibility index (Phi) is 23.9. The quantitative estimate of drug-likeness (QED) is 0.0259. The van der Waals surface area contributed by atoms with Crippen LogP contribution in [0.4, 0.5) is 4.39 Å². The summed E-state index contributed by atoms with van der Waals surface area (Å²) in [5.74, 6) is -0.884. The number of amides is 2. The number of nitrogens with zero attached hydrogens (tertiary/aromatic N) is 3. The number of nitrogens with one attached hydrogen (secondary N) is 2. The van der Waals surface area contributed by atoms with Gasteiger partial charge in [-0.3, -0.25) is 28.4 Å². The van der Waals surface area contributed by atoms with Crippen molar-refractivity contribution in [2.24, 2.45) is 10.9 Å². The topological polar surface area (TPSA) is 238 Å². The molecule has 16 nitrogen and oxygen atoms in total. The van der Waals surface area contributed by atoms with Crippen LogP contribution in [0, 0.1) is 4.91 Å². The lowest BCUT2D eigenvalue weighted by Crippen LogP contribution is -2.44. The molecule has 2 aliphatic heterocycles. The molecular formula is C47H64ClFN6O10. The van der Waals surface area contributed by atoms with Crippen molar-refractivity contribution in [3.63, 3.8) is 0 Å². The van der Waals surface area contributed by atoms with Crippen molar-refractivity contribution in [3.05, 3.63) is 98.2 Å². The molecule has 1 atom stereocenters. The molecule has 65 heavy (non-hydrogen) atoms. The van der Waals surface area contributed by atoms with Crippen LogP contribution in [0.1, 0.15) is 110 Å².